The van der Waals surface area contributed by atoms with Crippen LogP contribution in [0.5, 0.6) is 0 Å². The van der Waals surface area contributed by atoms with Crippen LogP contribution in [-0.4, -0.2) is 27.5 Å². The Hall–Kier alpha value is -1.65. The zero-order valence-electron chi connectivity index (χ0n) is 13.6. The number of aryl methyl sites for hydroxylation is 2. The third kappa shape index (κ3) is 3.08. The number of nitrogens with one attached hydrogen (secondary N) is 1. The normalized spacial score (nSPS) is 23.8. The fourth-order valence-corrected chi connectivity index (χ4v) is 3.23. The van der Waals surface area contributed by atoms with Crippen LogP contribution in [0.15, 0.2) is 36.7 Å². The van der Waals surface area contributed by atoms with E-state index in [1.54, 1.807) is 10.9 Å². The summed E-state index contributed by atoms with van der Waals surface area (Å²) in [5, 5.41) is 18.2. The number of hydrogen-bond donors (Lipinski definition) is 2. The van der Waals surface area contributed by atoms with Gasteiger partial charge in [-0.15, -0.1) is 0 Å². The second-order valence-corrected chi connectivity index (χ2v) is 6.78. The van der Waals surface area contributed by atoms with Gasteiger partial charge in [-0.05, 0) is 43.7 Å². The lowest BCUT2D eigenvalue weighted by atomic mass is 9.74. The van der Waals surface area contributed by atoms with Gasteiger partial charge in [-0.2, -0.15) is 5.10 Å². The molecule has 1 aliphatic carbocycles. The fourth-order valence-electron chi connectivity index (χ4n) is 3.23. The predicted molar refractivity (Wildman–Crippen MR) is 87.7 cm³/mol. The van der Waals surface area contributed by atoms with Crippen molar-refractivity contribution in [1.82, 2.24) is 15.1 Å². The minimum atomic E-state index is -0.873. The third-order valence-electron chi connectivity index (χ3n) is 4.83. The predicted octanol–water partition coefficient (Wildman–Crippen LogP) is 2.47. The van der Waals surface area contributed by atoms with E-state index in [2.05, 4.69) is 41.6 Å². The minimum Gasteiger partial charge on any atom is -0.384 e. The Morgan fingerprint density at radius 3 is 2.73 bits per heavy atom. The molecule has 1 aliphatic rings. The third-order valence-corrected chi connectivity index (χ3v) is 4.83. The Bertz CT molecular complexity index is 641. The van der Waals surface area contributed by atoms with Gasteiger partial charge in [0.05, 0.1) is 6.20 Å². The van der Waals surface area contributed by atoms with E-state index in [-0.39, 0.29) is 0 Å². The van der Waals surface area contributed by atoms with Crippen molar-refractivity contribution >= 4 is 0 Å². The molecule has 4 heteroatoms. The standard InChI is InChI=1S/C18H25N3O/c1-13-6-4-5-7-17(13)14-8-16(9-14)19-12-18(2,22)15-10-20-21(3)11-15/h4-7,10-11,14,16,19,22H,8-9,12H2,1-3H3. The molecule has 1 unspecified atom stereocenters. The smallest absolute Gasteiger partial charge is 0.102 e. The summed E-state index contributed by atoms with van der Waals surface area (Å²) < 4.78 is 1.72. The maximum absolute atomic E-state index is 10.6. The lowest BCUT2D eigenvalue weighted by molar-refractivity contribution is 0.0489. The van der Waals surface area contributed by atoms with Crippen LogP contribution in [0.3, 0.4) is 0 Å². The first-order valence-corrected chi connectivity index (χ1v) is 7.96. The van der Waals surface area contributed by atoms with Crippen LogP contribution in [0.1, 0.15) is 42.4 Å². The van der Waals surface area contributed by atoms with Gasteiger partial charge in [0.1, 0.15) is 5.60 Å². The highest BCUT2D eigenvalue weighted by Gasteiger charge is 2.33. The van der Waals surface area contributed by atoms with Crippen LogP contribution in [0.2, 0.25) is 0 Å². The molecule has 2 aromatic rings. The SMILES string of the molecule is Cc1ccccc1C1CC(NCC(C)(O)c2cnn(C)c2)C1. The monoisotopic (exact) mass is 299 g/mol. The Labute approximate surface area is 132 Å². The zero-order valence-corrected chi connectivity index (χ0v) is 13.6. The maximum Gasteiger partial charge on any atom is 0.102 e. The van der Waals surface area contributed by atoms with Gasteiger partial charge in [-0.25, -0.2) is 0 Å². The summed E-state index contributed by atoms with van der Waals surface area (Å²) in [5.74, 6) is 0.655. The molecule has 118 valence electrons. The van der Waals surface area contributed by atoms with Gasteiger partial charge in [0, 0.05) is 31.4 Å². The molecule has 1 aromatic heterocycles. The minimum absolute atomic E-state index is 0.493. The second kappa shape index (κ2) is 5.86. The number of aliphatic hydroxyl groups is 1. The van der Waals surface area contributed by atoms with E-state index in [1.165, 1.54) is 11.1 Å². The van der Waals surface area contributed by atoms with Crippen molar-refractivity contribution in [3.8, 4) is 0 Å². The average Bonchev–Trinajstić information content (AvgIpc) is 2.86. The summed E-state index contributed by atoms with van der Waals surface area (Å²) in [6, 6.07) is 9.13. The molecule has 3 rings (SSSR count). The largest absolute Gasteiger partial charge is 0.384 e. The molecule has 1 aromatic carbocycles. The van der Waals surface area contributed by atoms with Crippen molar-refractivity contribution in [2.75, 3.05) is 6.54 Å². The Morgan fingerprint density at radius 2 is 2.09 bits per heavy atom. The summed E-state index contributed by atoms with van der Waals surface area (Å²) in [5.41, 5.74) is 2.84. The van der Waals surface area contributed by atoms with Gasteiger partial charge < -0.3 is 10.4 Å². The van der Waals surface area contributed by atoms with Gasteiger partial charge in [-0.1, -0.05) is 24.3 Å². The fraction of sp³-hybridized carbons (Fsp3) is 0.500. The van der Waals surface area contributed by atoms with Crippen LogP contribution in [-0.2, 0) is 12.6 Å². The first-order valence-electron chi connectivity index (χ1n) is 7.96. The van der Waals surface area contributed by atoms with Crippen LogP contribution >= 0.6 is 0 Å². The van der Waals surface area contributed by atoms with Crippen LogP contribution in [0.25, 0.3) is 0 Å². The van der Waals surface area contributed by atoms with Crippen molar-refractivity contribution in [2.45, 2.75) is 44.2 Å². The Kier molecular flexibility index (Phi) is 4.06. The molecule has 0 bridgehead atoms. The average molecular weight is 299 g/mol. The number of nitrogens with zero attached hydrogens (tertiary/aromatic N) is 2. The molecule has 0 radical (unpaired) electrons. The molecular weight excluding hydrogens is 274 g/mol. The van der Waals surface area contributed by atoms with Gasteiger partial charge >= 0.3 is 0 Å². The summed E-state index contributed by atoms with van der Waals surface area (Å²) >= 11 is 0. The van der Waals surface area contributed by atoms with E-state index in [0.29, 0.717) is 18.5 Å². The van der Waals surface area contributed by atoms with Crippen molar-refractivity contribution in [2.24, 2.45) is 7.05 Å². The Balaban J connectivity index is 1.51. The molecule has 0 saturated heterocycles. The first kappa shape index (κ1) is 15.3. The molecule has 1 heterocycles. The van der Waals surface area contributed by atoms with Crippen LogP contribution in [0, 0.1) is 6.92 Å². The summed E-state index contributed by atoms with van der Waals surface area (Å²) in [6.45, 7) is 4.58. The number of hydrogen-bond acceptors (Lipinski definition) is 3. The molecule has 22 heavy (non-hydrogen) atoms. The Morgan fingerprint density at radius 1 is 1.36 bits per heavy atom. The quantitative estimate of drug-likeness (QED) is 0.892. The molecule has 0 amide bonds. The topological polar surface area (TPSA) is 50.1 Å². The van der Waals surface area contributed by atoms with E-state index < -0.39 is 5.60 Å². The molecule has 4 nitrogen and oxygen atoms in total. The van der Waals surface area contributed by atoms with E-state index in [4.69, 9.17) is 0 Å². The van der Waals surface area contributed by atoms with Crippen molar-refractivity contribution in [1.29, 1.82) is 0 Å². The molecular formula is C18H25N3O. The number of rotatable bonds is 5. The van der Waals surface area contributed by atoms with Gasteiger partial charge in [0.25, 0.3) is 0 Å². The van der Waals surface area contributed by atoms with Gasteiger partial charge in [-0.3, -0.25) is 4.68 Å². The van der Waals surface area contributed by atoms with E-state index in [1.807, 2.05) is 20.2 Å². The van der Waals surface area contributed by atoms with E-state index in [9.17, 15) is 5.11 Å². The molecule has 0 aliphatic heterocycles. The highest BCUT2D eigenvalue weighted by molar-refractivity contribution is 5.31. The number of aromatic nitrogens is 2. The molecule has 1 fully saturated rings. The summed E-state index contributed by atoms with van der Waals surface area (Å²) in [7, 11) is 1.87. The molecule has 1 saturated carbocycles. The van der Waals surface area contributed by atoms with E-state index in [0.717, 1.165) is 18.4 Å². The molecule has 2 N–H and O–H groups in total. The lowest BCUT2D eigenvalue weighted by Crippen LogP contribution is -2.46. The van der Waals surface area contributed by atoms with Crippen LogP contribution < -0.4 is 5.32 Å². The first-order chi connectivity index (χ1) is 10.5. The van der Waals surface area contributed by atoms with E-state index >= 15 is 0 Å². The van der Waals surface area contributed by atoms with Gasteiger partial charge in [0.2, 0.25) is 0 Å². The second-order valence-electron chi connectivity index (χ2n) is 6.78. The van der Waals surface area contributed by atoms with Crippen molar-refractivity contribution in [3.05, 3.63) is 53.3 Å². The highest BCUT2D eigenvalue weighted by atomic mass is 16.3. The van der Waals surface area contributed by atoms with Crippen molar-refractivity contribution < 1.29 is 5.11 Å². The highest BCUT2D eigenvalue weighted by Crippen LogP contribution is 2.38. The molecule has 0 spiro atoms. The van der Waals surface area contributed by atoms with Gasteiger partial charge in [0.15, 0.2) is 0 Å². The summed E-state index contributed by atoms with van der Waals surface area (Å²) in [4.78, 5) is 0. The lowest BCUT2D eigenvalue weighted by Gasteiger charge is -2.38. The maximum atomic E-state index is 10.6. The van der Waals surface area contributed by atoms with Crippen LogP contribution in [0.4, 0.5) is 0 Å². The number of benzene rings is 1. The summed E-state index contributed by atoms with van der Waals surface area (Å²) in [6.07, 6.45) is 5.90. The van der Waals surface area contributed by atoms with Crippen molar-refractivity contribution in [3.63, 3.8) is 0 Å². The zero-order chi connectivity index (χ0) is 15.7. The molecule has 1 atom stereocenters.